The highest BCUT2D eigenvalue weighted by atomic mass is 19.1. The van der Waals surface area contributed by atoms with Gasteiger partial charge >= 0.3 is 0 Å². The molecule has 0 spiro atoms. The molecule has 0 saturated heterocycles. The lowest BCUT2D eigenvalue weighted by Gasteiger charge is -2.20. The van der Waals surface area contributed by atoms with Crippen LogP contribution in [0.5, 0.6) is 0 Å². The molecule has 1 aromatic carbocycles. The molecule has 0 atom stereocenters. The number of nitrogens with zero attached hydrogens (tertiary/aromatic N) is 2. The molecule has 1 aromatic heterocycles. The van der Waals surface area contributed by atoms with Crippen molar-refractivity contribution in [3.8, 4) is 0 Å². The zero-order chi connectivity index (χ0) is 14.8. The quantitative estimate of drug-likeness (QED) is 0.915. The highest BCUT2D eigenvalue weighted by Gasteiger charge is 2.26. The van der Waals surface area contributed by atoms with Gasteiger partial charge in [-0.25, -0.2) is 8.78 Å². The van der Waals surface area contributed by atoms with Crippen molar-refractivity contribution in [2.75, 3.05) is 6.54 Å². The van der Waals surface area contributed by atoms with Crippen molar-refractivity contribution >= 4 is 0 Å². The van der Waals surface area contributed by atoms with Crippen LogP contribution in [0.4, 0.5) is 8.78 Å². The Balaban J connectivity index is 2.17. The van der Waals surface area contributed by atoms with Crippen molar-refractivity contribution in [1.29, 1.82) is 0 Å². The maximum Gasteiger partial charge on any atom is 0.246 e. The van der Waals surface area contributed by atoms with E-state index in [0.29, 0.717) is 17.3 Å². The lowest BCUT2D eigenvalue weighted by molar-refractivity contribution is 0.271. The van der Waals surface area contributed by atoms with E-state index in [1.54, 1.807) is 0 Å². The van der Waals surface area contributed by atoms with E-state index < -0.39 is 17.2 Å². The van der Waals surface area contributed by atoms with Gasteiger partial charge < -0.3 is 9.84 Å². The van der Waals surface area contributed by atoms with E-state index >= 15 is 0 Å². The first-order chi connectivity index (χ1) is 9.40. The maximum absolute atomic E-state index is 13.1. The highest BCUT2D eigenvalue weighted by Crippen LogP contribution is 2.19. The fourth-order valence-electron chi connectivity index (χ4n) is 1.99. The van der Waals surface area contributed by atoms with Gasteiger partial charge in [-0.15, -0.1) is 0 Å². The number of nitrogens with one attached hydrogen (secondary N) is 1. The normalized spacial score (nSPS) is 11.8. The summed E-state index contributed by atoms with van der Waals surface area (Å²) in [7, 11) is 0. The third kappa shape index (κ3) is 3.39. The van der Waals surface area contributed by atoms with E-state index in [9.17, 15) is 8.78 Å². The summed E-state index contributed by atoms with van der Waals surface area (Å²) in [6, 6.07) is 3.35. The second kappa shape index (κ2) is 5.66. The Kier molecular flexibility index (Phi) is 4.13. The maximum atomic E-state index is 13.1. The molecule has 20 heavy (non-hydrogen) atoms. The van der Waals surface area contributed by atoms with Gasteiger partial charge in [0.2, 0.25) is 5.89 Å². The highest BCUT2D eigenvalue weighted by molar-refractivity contribution is 5.21. The van der Waals surface area contributed by atoms with Gasteiger partial charge in [0.05, 0.1) is 5.54 Å². The van der Waals surface area contributed by atoms with E-state index in [-0.39, 0.29) is 6.42 Å². The van der Waals surface area contributed by atoms with Gasteiger partial charge in [-0.2, -0.15) is 4.98 Å². The zero-order valence-electron chi connectivity index (χ0n) is 11.7. The van der Waals surface area contributed by atoms with Crippen LogP contribution in [0.1, 0.15) is 38.0 Å². The molecule has 0 aliphatic heterocycles. The van der Waals surface area contributed by atoms with Crippen LogP contribution in [-0.2, 0) is 12.0 Å². The molecule has 1 heterocycles. The Morgan fingerprint density at radius 1 is 1.20 bits per heavy atom. The van der Waals surface area contributed by atoms with Crippen molar-refractivity contribution in [2.24, 2.45) is 0 Å². The van der Waals surface area contributed by atoms with Crippen LogP contribution in [0.15, 0.2) is 22.7 Å². The first-order valence-electron chi connectivity index (χ1n) is 6.44. The second-order valence-corrected chi connectivity index (χ2v) is 5.13. The van der Waals surface area contributed by atoms with Gasteiger partial charge in [0, 0.05) is 12.5 Å². The molecule has 0 bridgehead atoms. The number of hydrogen-bond donors (Lipinski definition) is 1. The van der Waals surface area contributed by atoms with Gasteiger partial charge in [0.1, 0.15) is 11.6 Å². The molecule has 0 aliphatic rings. The van der Waals surface area contributed by atoms with E-state index in [1.807, 2.05) is 20.8 Å². The number of halogens is 2. The van der Waals surface area contributed by atoms with Gasteiger partial charge in [-0.3, -0.25) is 0 Å². The molecule has 2 rings (SSSR count). The first-order valence-corrected chi connectivity index (χ1v) is 6.44. The summed E-state index contributed by atoms with van der Waals surface area (Å²) in [5.74, 6) is -0.379. The second-order valence-electron chi connectivity index (χ2n) is 5.13. The molecule has 0 saturated carbocycles. The van der Waals surface area contributed by atoms with E-state index in [2.05, 4.69) is 15.5 Å². The van der Waals surface area contributed by atoms with Gasteiger partial charge in [-0.1, -0.05) is 12.1 Å². The molecule has 4 nitrogen and oxygen atoms in total. The monoisotopic (exact) mass is 281 g/mol. The summed E-state index contributed by atoms with van der Waals surface area (Å²) in [6.45, 7) is 6.60. The smallest absolute Gasteiger partial charge is 0.246 e. The number of hydrogen-bond acceptors (Lipinski definition) is 4. The minimum absolute atomic E-state index is 0.223. The zero-order valence-corrected chi connectivity index (χ0v) is 11.7. The number of rotatable bonds is 5. The topological polar surface area (TPSA) is 51.0 Å². The fraction of sp³-hybridized carbons (Fsp3) is 0.429. The minimum Gasteiger partial charge on any atom is -0.337 e. The molecule has 2 aromatic rings. The van der Waals surface area contributed by atoms with Gasteiger partial charge in [0.25, 0.3) is 0 Å². The molecule has 6 heteroatoms. The summed E-state index contributed by atoms with van der Waals surface area (Å²) in [5, 5.41) is 7.07. The van der Waals surface area contributed by atoms with Crippen molar-refractivity contribution in [2.45, 2.75) is 32.7 Å². The molecular formula is C14H17F2N3O. The van der Waals surface area contributed by atoms with Crippen LogP contribution >= 0.6 is 0 Å². The predicted octanol–water partition coefficient (Wildman–Crippen LogP) is 2.78. The lowest BCUT2D eigenvalue weighted by atomic mass is 10.1. The summed E-state index contributed by atoms with van der Waals surface area (Å²) in [6.07, 6.45) is 0.223. The van der Waals surface area contributed by atoms with Gasteiger partial charge in [-0.05, 0) is 38.1 Å². The van der Waals surface area contributed by atoms with Crippen molar-refractivity contribution < 1.29 is 13.3 Å². The van der Waals surface area contributed by atoms with Crippen molar-refractivity contribution in [3.63, 3.8) is 0 Å². The van der Waals surface area contributed by atoms with Gasteiger partial charge in [0.15, 0.2) is 5.82 Å². The fourth-order valence-corrected chi connectivity index (χ4v) is 1.99. The van der Waals surface area contributed by atoms with Crippen LogP contribution < -0.4 is 5.32 Å². The Labute approximate surface area is 116 Å². The lowest BCUT2D eigenvalue weighted by Crippen LogP contribution is -2.36. The van der Waals surface area contributed by atoms with Crippen LogP contribution in [0.3, 0.4) is 0 Å². The Hall–Kier alpha value is -1.82. The molecule has 0 fully saturated rings. The standard InChI is InChI=1S/C14H17F2N3O/c1-4-17-14(2,3)13-18-12(19-20-13)7-9-5-10(15)8-11(16)6-9/h5-6,8,17H,4,7H2,1-3H3. The molecule has 0 unspecified atom stereocenters. The number of aromatic nitrogens is 2. The third-order valence-electron chi connectivity index (χ3n) is 2.91. The van der Waals surface area contributed by atoms with Crippen LogP contribution in [0.25, 0.3) is 0 Å². The number of benzene rings is 1. The molecule has 108 valence electrons. The van der Waals surface area contributed by atoms with Crippen LogP contribution in [0, 0.1) is 11.6 Å². The molecule has 0 amide bonds. The Morgan fingerprint density at radius 2 is 1.85 bits per heavy atom. The van der Waals surface area contributed by atoms with E-state index in [1.165, 1.54) is 12.1 Å². The van der Waals surface area contributed by atoms with Crippen LogP contribution in [-0.4, -0.2) is 16.7 Å². The van der Waals surface area contributed by atoms with Crippen molar-refractivity contribution in [3.05, 3.63) is 47.1 Å². The molecule has 1 N–H and O–H groups in total. The van der Waals surface area contributed by atoms with E-state index in [4.69, 9.17) is 4.52 Å². The predicted molar refractivity (Wildman–Crippen MR) is 70.2 cm³/mol. The average molecular weight is 281 g/mol. The van der Waals surface area contributed by atoms with E-state index in [0.717, 1.165) is 12.6 Å². The summed E-state index contributed by atoms with van der Waals surface area (Å²) < 4.78 is 31.4. The molecule has 0 aliphatic carbocycles. The largest absolute Gasteiger partial charge is 0.337 e. The summed E-state index contributed by atoms with van der Waals surface area (Å²) in [5.41, 5.74) is 0.0313. The minimum atomic E-state index is -0.614. The SMILES string of the molecule is CCNC(C)(C)c1nc(Cc2cc(F)cc(F)c2)no1. The molecule has 0 radical (unpaired) electrons. The average Bonchev–Trinajstić information content (AvgIpc) is 2.76. The summed E-state index contributed by atoms with van der Waals surface area (Å²) >= 11 is 0. The van der Waals surface area contributed by atoms with Crippen molar-refractivity contribution in [1.82, 2.24) is 15.5 Å². The van der Waals surface area contributed by atoms with Crippen LogP contribution in [0.2, 0.25) is 0 Å². The Morgan fingerprint density at radius 3 is 2.45 bits per heavy atom. The summed E-state index contributed by atoms with van der Waals surface area (Å²) in [4.78, 5) is 4.27. The third-order valence-corrected chi connectivity index (χ3v) is 2.91. The molecular weight excluding hydrogens is 264 g/mol. The Bertz CT molecular complexity index is 576. The first kappa shape index (κ1) is 14.6.